The molecule has 3 rings (SSSR count). The molecule has 0 atom stereocenters. The highest BCUT2D eigenvalue weighted by Gasteiger charge is 2.21. The summed E-state index contributed by atoms with van der Waals surface area (Å²) in [6.45, 7) is 5.82. The lowest BCUT2D eigenvalue weighted by Gasteiger charge is -2.17. The monoisotopic (exact) mass is 404 g/mol. The lowest BCUT2D eigenvalue weighted by molar-refractivity contribution is 0.0514. The van der Waals surface area contributed by atoms with Crippen LogP contribution in [0.25, 0.3) is 0 Å². The van der Waals surface area contributed by atoms with Gasteiger partial charge in [-0.3, -0.25) is 0 Å². The van der Waals surface area contributed by atoms with Gasteiger partial charge in [0.25, 0.3) is 0 Å². The Labute approximate surface area is 175 Å². The second kappa shape index (κ2) is 9.13. The lowest BCUT2D eigenvalue weighted by Crippen LogP contribution is -2.13. The van der Waals surface area contributed by atoms with E-state index in [-0.39, 0.29) is 17.7 Å². The largest absolute Gasteiger partial charge is 0.478 e. The van der Waals surface area contributed by atoms with Crippen LogP contribution in [0.2, 0.25) is 0 Å². The second-order valence-electron chi connectivity index (χ2n) is 6.95. The smallest absolute Gasteiger partial charge is 0.339 e. The molecule has 3 aromatic rings. The van der Waals surface area contributed by atoms with Crippen LogP contribution in [-0.4, -0.2) is 23.7 Å². The zero-order chi connectivity index (χ0) is 21.7. The van der Waals surface area contributed by atoms with Crippen LogP contribution in [0.15, 0.2) is 60.7 Å². The Morgan fingerprint density at radius 3 is 1.63 bits per heavy atom. The van der Waals surface area contributed by atoms with Crippen molar-refractivity contribution >= 4 is 34.7 Å². The Balaban J connectivity index is 2.09. The van der Waals surface area contributed by atoms with Crippen molar-refractivity contribution in [2.24, 2.45) is 0 Å². The minimum absolute atomic E-state index is 0.00609. The van der Waals surface area contributed by atoms with Gasteiger partial charge in [-0.25, -0.2) is 9.59 Å². The molecule has 0 heterocycles. The molecule has 0 fully saturated rings. The average molecular weight is 404 g/mol. The molecule has 0 bridgehead atoms. The van der Waals surface area contributed by atoms with E-state index in [0.29, 0.717) is 11.4 Å². The number of benzene rings is 3. The number of aryl methyl sites for hydroxylation is 2. The molecule has 0 saturated carbocycles. The first kappa shape index (κ1) is 20.9. The maximum atomic E-state index is 12.4. The Bertz CT molecular complexity index is 1060. The van der Waals surface area contributed by atoms with Crippen LogP contribution in [0.4, 0.5) is 22.7 Å². The van der Waals surface area contributed by atoms with Crippen molar-refractivity contribution in [3.63, 3.8) is 0 Å². The number of anilines is 4. The number of esters is 1. The van der Waals surface area contributed by atoms with Crippen molar-refractivity contribution in [3.8, 4) is 0 Å². The normalized spacial score (nSPS) is 10.4. The van der Waals surface area contributed by atoms with Gasteiger partial charge in [0.1, 0.15) is 0 Å². The van der Waals surface area contributed by atoms with E-state index in [2.05, 4.69) is 10.6 Å². The third kappa shape index (κ3) is 4.97. The van der Waals surface area contributed by atoms with Gasteiger partial charge in [0.2, 0.25) is 0 Å². The summed E-state index contributed by atoms with van der Waals surface area (Å²) >= 11 is 0. The van der Waals surface area contributed by atoms with E-state index in [0.717, 1.165) is 22.5 Å². The molecule has 0 aromatic heterocycles. The molecular formula is C24H24N2O4. The Hall–Kier alpha value is -3.80. The minimum atomic E-state index is -1.20. The summed E-state index contributed by atoms with van der Waals surface area (Å²) in [6, 6.07) is 18.5. The highest BCUT2D eigenvalue weighted by Crippen LogP contribution is 2.32. The molecule has 0 aliphatic carbocycles. The van der Waals surface area contributed by atoms with E-state index < -0.39 is 11.9 Å². The van der Waals surface area contributed by atoms with Crippen LogP contribution in [0.1, 0.15) is 38.8 Å². The van der Waals surface area contributed by atoms with Gasteiger partial charge < -0.3 is 20.5 Å². The summed E-state index contributed by atoms with van der Waals surface area (Å²) in [5.41, 5.74) is 4.80. The fourth-order valence-corrected chi connectivity index (χ4v) is 2.95. The van der Waals surface area contributed by atoms with E-state index in [9.17, 15) is 14.7 Å². The van der Waals surface area contributed by atoms with Gasteiger partial charge in [0.05, 0.1) is 29.1 Å². The van der Waals surface area contributed by atoms with Crippen molar-refractivity contribution in [3.05, 3.63) is 82.9 Å². The van der Waals surface area contributed by atoms with Gasteiger partial charge in [0.15, 0.2) is 0 Å². The molecule has 0 radical (unpaired) electrons. The molecule has 0 unspecified atom stereocenters. The number of rotatable bonds is 7. The van der Waals surface area contributed by atoms with Crippen LogP contribution in [0.5, 0.6) is 0 Å². The summed E-state index contributed by atoms with van der Waals surface area (Å²) in [5.74, 6) is -1.88. The summed E-state index contributed by atoms with van der Waals surface area (Å²) in [7, 11) is 0. The average Bonchev–Trinajstić information content (AvgIpc) is 2.72. The van der Waals surface area contributed by atoms with Gasteiger partial charge in [-0.05, 0) is 57.2 Å². The number of hydrogen-bond acceptors (Lipinski definition) is 5. The number of carbonyl (C=O) groups is 2. The standard InChI is InChI=1S/C24H24N2O4/c1-4-30-24(29)20-14-22(26-18-11-7-16(3)8-12-18)21(13-19(20)23(27)28)25-17-9-5-15(2)6-10-17/h5-14,25-26H,4H2,1-3H3,(H,27,28). The van der Waals surface area contributed by atoms with Crippen molar-refractivity contribution in [2.45, 2.75) is 20.8 Å². The molecule has 3 N–H and O–H groups in total. The van der Waals surface area contributed by atoms with Crippen LogP contribution in [0, 0.1) is 13.8 Å². The van der Waals surface area contributed by atoms with Crippen LogP contribution in [0.3, 0.4) is 0 Å². The fraction of sp³-hybridized carbons (Fsp3) is 0.167. The minimum Gasteiger partial charge on any atom is -0.478 e. The van der Waals surface area contributed by atoms with Crippen molar-refractivity contribution in [1.29, 1.82) is 0 Å². The second-order valence-corrected chi connectivity index (χ2v) is 6.95. The van der Waals surface area contributed by atoms with Crippen LogP contribution in [-0.2, 0) is 4.74 Å². The zero-order valence-electron chi connectivity index (χ0n) is 17.2. The van der Waals surface area contributed by atoms with Gasteiger partial charge in [0, 0.05) is 11.4 Å². The molecule has 3 aromatic carbocycles. The number of aromatic carboxylic acids is 1. The first-order valence-electron chi connectivity index (χ1n) is 9.63. The van der Waals surface area contributed by atoms with Crippen molar-refractivity contribution in [2.75, 3.05) is 17.2 Å². The molecule has 0 spiro atoms. The first-order chi connectivity index (χ1) is 14.4. The maximum absolute atomic E-state index is 12.4. The van der Waals surface area contributed by atoms with E-state index in [1.807, 2.05) is 62.4 Å². The number of carboxylic acids is 1. The summed E-state index contributed by atoms with van der Waals surface area (Å²) in [6.07, 6.45) is 0. The van der Waals surface area contributed by atoms with Crippen molar-refractivity contribution < 1.29 is 19.4 Å². The van der Waals surface area contributed by atoms with Gasteiger partial charge >= 0.3 is 11.9 Å². The summed E-state index contributed by atoms with van der Waals surface area (Å²) < 4.78 is 5.06. The zero-order valence-corrected chi connectivity index (χ0v) is 17.2. The SMILES string of the molecule is CCOC(=O)c1cc(Nc2ccc(C)cc2)c(Nc2ccc(C)cc2)cc1C(=O)O. The third-order valence-corrected chi connectivity index (χ3v) is 4.54. The van der Waals surface area contributed by atoms with E-state index >= 15 is 0 Å². The summed E-state index contributed by atoms with van der Waals surface area (Å²) in [4.78, 5) is 24.2. The lowest BCUT2D eigenvalue weighted by atomic mass is 10.0. The predicted octanol–water partition coefficient (Wildman–Crippen LogP) is 5.67. The van der Waals surface area contributed by atoms with Gasteiger partial charge in [-0.2, -0.15) is 0 Å². The number of carboxylic acid groups (broad SMARTS) is 1. The molecule has 0 aliphatic heterocycles. The maximum Gasteiger partial charge on any atom is 0.339 e. The number of nitrogens with one attached hydrogen (secondary N) is 2. The predicted molar refractivity (Wildman–Crippen MR) is 118 cm³/mol. The van der Waals surface area contributed by atoms with Crippen molar-refractivity contribution in [1.82, 2.24) is 0 Å². The quantitative estimate of drug-likeness (QED) is 0.440. The highest BCUT2D eigenvalue weighted by molar-refractivity contribution is 6.05. The number of ether oxygens (including phenoxy) is 1. The molecule has 6 nitrogen and oxygen atoms in total. The van der Waals surface area contributed by atoms with Crippen LogP contribution < -0.4 is 10.6 Å². The summed E-state index contributed by atoms with van der Waals surface area (Å²) in [5, 5.41) is 16.2. The highest BCUT2D eigenvalue weighted by atomic mass is 16.5. The molecule has 0 saturated heterocycles. The molecular weight excluding hydrogens is 380 g/mol. The Morgan fingerprint density at radius 2 is 1.23 bits per heavy atom. The third-order valence-electron chi connectivity index (χ3n) is 4.54. The molecule has 30 heavy (non-hydrogen) atoms. The molecule has 6 heteroatoms. The van der Waals surface area contributed by atoms with Gasteiger partial charge in [-0.15, -0.1) is 0 Å². The van der Waals surface area contributed by atoms with Crippen LogP contribution >= 0.6 is 0 Å². The van der Waals surface area contributed by atoms with E-state index in [4.69, 9.17) is 4.74 Å². The Morgan fingerprint density at radius 1 is 0.800 bits per heavy atom. The van der Waals surface area contributed by atoms with E-state index in [1.54, 1.807) is 6.92 Å². The fourth-order valence-electron chi connectivity index (χ4n) is 2.95. The first-order valence-corrected chi connectivity index (χ1v) is 9.63. The number of hydrogen-bond donors (Lipinski definition) is 3. The topological polar surface area (TPSA) is 87.7 Å². The molecule has 154 valence electrons. The van der Waals surface area contributed by atoms with E-state index in [1.165, 1.54) is 12.1 Å². The molecule has 0 aliphatic rings. The molecule has 0 amide bonds. The Kier molecular flexibility index (Phi) is 6.37. The van der Waals surface area contributed by atoms with Gasteiger partial charge in [-0.1, -0.05) is 35.4 Å². The number of carbonyl (C=O) groups excluding carboxylic acids is 1.